The van der Waals surface area contributed by atoms with Crippen molar-refractivity contribution < 1.29 is 17.9 Å². The molecule has 2 aromatic rings. The molecular weight excluding hydrogens is 326 g/mol. The van der Waals surface area contributed by atoms with E-state index in [4.69, 9.17) is 4.74 Å². The summed E-state index contributed by atoms with van der Waals surface area (Å²) in [5, 5.41) is 1.60. The van der Waals surface area contributed by atoms with Crippen molar-refractivity contribution in [2.45, 2.75) is 18.2 Å². The predicted octanol–water partition coefficient (Wildman–Crippen LogP) is 1.97. The fourth-order valence-electron chi connectivity index (χ4n) is 2.35. The fraction of sp³-hybridized carbons (Fsp3) is 0.278. The van der Waals surface area contributed by atoms with Gasteiger partial charge in [0.1, 0.15) is 11.0 Å². The molecule has 0 fully saturated rings. The van der Waals surface area contributed by atoms with Crippen LogP contribution in [0.2, 0.25) is 0 Å². The molecule has 1 amide bonds. The number of carbonyl (C=O) groups is 1. The monoisotopic (exact) mass is 347 g/mol. The van der Waals surface area contributed by atoms with Crippen molar-refractivity contribution in [2.75, 3.05) is 13.4 Å². The molecule has 5 nitrogen and oxygen atoms in total. The molecular formula is C18H21NO4S. The summed E-state index contributed by atoms with van der Waals surface area (Å²) in [4.78, 5) is 12.4. The molecule has 6 heteroatoms. The molecule has 0 radical (unpaired) electrons. The van der Waals surface area contributed by atoms with E-state index in [2.05, 4.69) is 5.32 Å². The molecule has 0 aliphatic heterocycles. The number of carbonyl (C=O) groups excluding carboxylic acids is 1. The first-order valence-electron chi connectivity index (χ1n) is 7.53. The minimum atomic E-state index is -3.52. The van der Waals surface area contributed by atoms with Crippen molar-refractivity contribution >= 4 is 15.7 Å². The maximum Gasteiger partial charge on any atom is 0.238 e. The van der Waals surface area contributed by atoms with E-state index < -0.39 is 21.0 Å². The Morgan fingerprint density at radius 3 is 2.38 bits per heavy atom. The molecule has 1 atom stereocenters. The lowest BCUT2D eigenvalue weighted by Crippen LogP contribution is -2.40. The van der Waals surface area contributed by atoms with Gasteiger partial charge in [0.05, 0.1) is 7.11 Å². The van der Waals surface area contributed by atoms with Crippen LogP contribution in [0.3, 0.4) is 0 Å². The highest BCUT2D eigenvalue weighted by Crippen LogP contribution is 2.13. The molecule has 2 aromatic carbocycles. The normalized spacial score (nSPS) is 12.4. The van der Waals surface area contributed by atoms with Crippen LogP contribution in [-0.4, -0.2) is 32.9 Å². The van der Waals surface area contributed by atoms with Crippen LogP contribution < -0.4 is 10.1 Å². The second-order valence-electron chi connectivity index (χ2n) is 5.58. The number of nitrogens with one attached hydrogen (secondary N) is 1. The number of hydrogen-bond donors (Lipinski definition) is 1. The van der Waals surface area contributed by atoms with E-state index in [1.54, 1.807) is 19.2 Å². The van der Waals surface area contributed by atoms with Gasteiger partial charge in [-0.05, 0) is 29.7 Å². The Balaban J connectivity index is 2.08. The van der Waals surface area contributed by atoms with Crippen molar-refractivity contribution in [2.24, 2.45) is 0 Å². The summed E-state index contributed by atoms with van der Waals surface area (Å²) >= 11 is 0. The van der Waals surface area contributed by atoms with Crippen molar-refractivity contribution in [3.05, 3.63) is 65.7 Å². The van der Waals surface area contributed by atoms with Crippen LogP contribution in [0.1, 0.15) is 11.1 Å². The quantitative estimate of drug-likeness (QED) is 0.831. The molecule has 0 aromatic heterocycles. The van der Waals surface area contributed by atoms with E-state index in [1.807, 2.05) is 42.5 Å². The molecule has 0 heterocycles. The van der Waals surface area contributed by atoms with Gasteiger partial charge >= 0.3 is 0 Å². The van der Waals surface area contributed by atoms with Gasteiger partial charge in [-0.25, -0.2) is 8.42 Å². The van der Waals surface area contributed by atoms with Crippen molar-refractivity contribution in [3.8, 4) is 5.75 Å². The molecule has 1 N–H and O–H groups in total. The largest absolute Gasteiger partial charge is 0.497 e. The summed E-state index contributed by atoms with van der Waals surface area (Å²) in [5.41, 5.74) is 1.65. The Bertz CT molecular complexity index is 788. The van der Waals surface area contributed by atoms with Gasteiger partial charge in [-0.2, -0.15) is 0 Å². The highest BCUT2D eigenvalue weighted by molar-refractivity contribution is 7.92. The van der Waals surface area contributed by atoms with Gasteiger partial charge in [-0.3, -0.25) is 4.79 Å². The Labute approximate surface area is 142 Å². The van der Waals surface area contributed by atoms with E-state index in [0.717, 1.165) is 17.4 Å². The van der Waals surface area contributed by atoms with Crippen LogP contribution in [0.15, 0.2) is 54.6 Å². The molecule has 0 aliphatic rings. The van der Waals surface area contributed by atoms with Gasteiger partial charge in [0.15, 0.2) is 9.84 Å². The minimum Gasteiger partial charge on any atom is -0.497 e. The first kappa shape index (κ1) is 18.0. The van der Waals surface area contributed by atoms with Crippen molar-refractivity contribution in [1.82, 2.24) is 5.32 Å². The van der Waals surface area contributed by atoms with Gasteiger partial charge in [0.25, 0.3) is 0 Å². The Kier molecular flexibility index (Phi) is 5.98. The number of hydrogen-bond acceptors (Lipinski definition) is 4. The molecule has 0 aliphatic carbocycles. The van der Waals surface area contributed by atoms with Crippen LogP contribution in [0, 0.1) is 0 Å². The van der Waals surface area contributed by atoms with Crippen LogP contribution in [0.5, 0.6) is 5.75 Å². The summed E-state index contributed by atoms with van der Waals surface area (Å²) in [7, 11) is -1.95. The summed E-state index contributed by atoms with van der Waals surface area (Å²) < 4.78 is 29.2. The van der Waals surface area contributed by atoms with Gasteiger partial charge in [0, 0.05) is 12.8 Å². The van der Waals surface area contributed by atoms with Gasteiger partial charge in [-0.1, -0.05) is 42.5 Å². The highest BCUT2D eigenvalue weighted by atomic mass is 32.2. The van der Waals surface area contributed by atoms with E-state index in [0.29, 0.717) is 5.75 Å². The third-order valence-corrected chi connectivity index (χ3v) is 5.09. The van der Waals surface area contributed by atoms with Crippen LogP contribution in [0.25, 0.3) is 0 Å². The van der Waals surface area contributed by atoms with Crippen LogP contribution in [0.4, 0.5) is 0 Å². The Morgan fingerprint density at radius 1 is 1.08 bits per heavy atom. The van der Waals surface area contributed by atoms with Gasteiger partial charge < -0.3 is 10.1 Å². The van der Waals surface area contributed by atoms with Gasteiger partial charge in [-0.15, -0.1) is 0 Å². The molecule has 24 heavy (non-hydrogen) atoms. The topological polar surface area (TPSA) is 72.5 Å². The second-order valence-corrected chi connectivity index (χ2v) is 7.81. The molecule has 128 valence electrons. The molecule has 0 saturated carbocycles. The van der Waals surface area contributed by atoms with Crippen LogP contribution >= 0.6 is 0 Å². The van der Waals surface area contributed by atoms with E-state index in [1.165, 1.54) is 0 Å². The molecule has 0 bridgehead atoms. The standard InChI is InChI=1S/C18H21NO4S/c1-23-16-10-6-9-15(11-16)13-19-18(20)17(24(2,21)22)12-14-7-4-3-5-8-14/h3-11,17H,12-13H2,1-2H3,(H,19,20)/t17-/m0/s1. The molecule has 0 spiro atoms. The zero-order valence-corrected chi connectivity index (χ0v) is 14.5. The highest BCUT2D eigenvalue weighted by Gasteiger charge is 2.28. The molecule has 2 rings (SSSR count). The number of amides is 1. The minimum absolute atomic E-state index is 0.156. The molecule has 0 unspecified atom stereocenters. The number of ether oxygens (including phenoxy) is 1. The zero-order valence-electron chi connectivity index (χ0n) is 13.7. The summed E-state index contributed by atoms with van der Waals surface area (Å²) in [6.07, 6.45) is 1.25. The number of methoxy groups -OCH3 is 1. The van der Waals surface area contributed by atoms with Crippen LogP contribution in [-0.2, 0) is 27.6 Å². The van der Waals surface area contributed by atoms with E-state index in [-0.39, 0.29) is 13.0 Å². The third kappa shape index (κ3) is 5.09. The number of sulfone groups is 1. The maximum atomic E-state index is 12.4. The predicted molar refractivity (Wildman–Crippen MR) is 93.6 cm³/mol. The Morgan fingerprint density at radius 2 is 1.75 bits per heavy atom. The average Bonchev–Trinajstić information content (AvgIpc) is 2.57. The SMILES string of the molecule is COc1cccc(CNC(=O)[C@H](Cc2ccccc2)S(C)(=O)=O)c1. The Hall–Kier alpha value is -2.34. The summed E-state index contributed by atoms with van der Waals surface area (Å²) in [6, 6.07) is 16.4. The maximum absolute atomic E-state index is 12.4. The van der Waals surface area contributed by atoms with Crippen molar-refractivity contribution in [1.29, 1.82) is 0 Å². The fourth-order valence-corrected chi connectivity index (χ4v) is 3.32. The smallest absolute Gasteiger partial charge is 0.238 e. The van der Waals surface area contributed by atoms with E-state index in [9.17, 15) is 13.2 Å². The summed E-state index contributed by atoms with van der Waals surface area (Å²) in [6.45, 7) is 0.247. The number of rotatable bonds is 7. The average molecular weight is 347 g/mol. The molecule has 0 saturated heterocycles. The van der Waals surface area contributed by atoms with Crippen molar-refractivity contribution in [3.63, 3.8) is 0 Å². The lowest BCUT2D eigenvalue weighted by Gasteiger charge is -2.15. The third-order valence-electron chi connectivity index (χ3n) is 3.67. The first-order chi connectivity index (χ1) is 11.4. The lowest BCUT2D eigenvalue weighted by molar-refractivity contribution is -0.120. The van der Waals surface area contributed by atoms with Gasteiger partial charge in [0.2, 0.25) is 5.91 Å². The second kappa shape index (κ2) is 7.97. The van der Waals surface area contributed by atoms with E-state index >= 15 is 0 Å². The lowest BCUT2D eigenvalue weighted by atomic mass is 10.1. The zero-order chi connectivity index (χ0) is 17.6. The summed E-state index contributed by atoms with van der Waals surface area (Å²) in [5.74, 6) is 0.190. The first-order valence-corrected chi connectivity index (χ1v) is 9.49. The number of benzene rings is 2.